The number of anilines is 1. The molecule has 1 aromatic heterocycles. The van der Waals surface area contributed by atoms with Crippen molar-refractivity contribution in [3.8, 4) is 11.4 Å². The lowest BCUT2D eigenvalue weighted by atomic mass is 10.1. The van der Waals surface area contributed by atoms with Crippen LogP contribution in [0, 0.1) is 0 Å². The van der Waals surface area contributed by atoms with Crippen molar-refractivity contribution < 1.29 is 4.79 Å². The van der Waals surface area contributed by atoms with E-state index in [-0.39, 0.29) is 5.91 Å². The summed E-state index contributed by atoms with van der Waals surface area (Å²) in [5.74, 6) is 0.866. The van der Waals surface area contributed by atoms with Gasteiger partial charge in [-0.25, -0.2) is 4.98 Å². The van der Waals surface area contributed by atoms with Gasteiger partial charge in [0.15, 0.2) is 0 Å². The Balaban J connectivity index is 1.41. The minimum absolute atomic E-state index is 0.0538. The van der Waals surface area contributed by atoms with Gasteiger partial charge in [-0.15, -0.1) is 0 Å². The third-order valence-electron chi connectivity index (χ3n) is 5.33. The first kappa shape index (κ1) is 18.7. The molecule has 4 N–H and O–H groups in total. The van der Waals surface area contributed by atoms with Crippen LogP contribution in [0.3, 0.4) is 0 Å². The lowest BCUT2D eigenvalue weighted by Crippen LogP contribution is -2.32. The summed E-state index contributed by atoms with van der Waals surface area (Å²) in [5.41, 5.74) is 10.3. The van der Waals surface area contributed by atoms with Crippen molar-refractivity contribution >= 4 is 22.6 Å². The van der Waals surface area contributed by atoms with E-state index < -0.39 is 0 Å². The third-order valence-corrected chi connectivity index (χ3v) is 5.33. The van der Waals surface area contributed by atoms with Crippen LogP contribution in [0.2, 0.25) is 0 Å². The van der Waals surface area contributed by atoms with Gasteiger partial charge in [0, 0.05) is 30.8 Å². The van der Waals surface area contributed by atoms with Crippen molar-refractivity contribution in [2.24, 2.45) is 5.73 Å². The van der Waals surface area contributed by atoms with Gasteiger partial charge in [0.05, 0.1) is 11.0 Å². The van der Waals surface area contributed by atoms with Gasteiger partial charge in [0.2, 0.25) is 5.91 Å². The summed E-state index contributed by atoms with van der Waals surface area (Å²) in [7, 11) is 0. The van der Waals surface area contributed by atoms with E-state index in [4.69, 9.17) is 5.73 Å². The molecule has 0 spiro atoms. The molecule has 2 aromatic carbocycles. The number of nitrogens with zero attached hydrogens (tertiary/aromatic N) is 2. The first-order valence-corrected chi connectivity index (χ1v) is 10.0. The SMILES string of the molecule is NCc1ccc(-c2nc3cc(NC(=O)CCN4CCCCC4)ccc3[nH]2)cc1. The van der Waals surface area contributed by atoms with Crippen LogP contribution in [0.15, 0.2) is 42.5 Å². The maximum Gasteiger partial charge on any atom is 0.225 e. The quantitative estimate of drug-likeness (QED) is 0.613. The largest absolute Gasteiger partial charge is 0.338 e. The monoisotopic (exact) mass is 377 g/mol. The predicted molar refractivity (Wildman–Crippen MR) is 113 cm³/mol. The minimum Gasteiger partial charge on any atom is -0.338 e. The number of aromatic amines is 1. The first-order chi connectivity index (χ1) is 13.7. The number of piperidine rings is 1. The van der Waals surface area contributed by atoms with Gasteiger partial charge in [0.25, 0.3) is 0 Å². The molecule has 0 atom stereocenters. The molecule has 1 amide bonds. The van der Waals surface area contributed by atoms with E-state index in [2.05, 4.69) is 20.2 Å². The molecule has 0 bridgehead atoms. The molecule has 0 saturated carbocycles. The number of H-pyrrole nitrogens is 1. The first-order valence-electron chi connectivity index (χ1n) is 10.0. The Morgan fingerprint density at radius 3 is 2.64 bits per heavy atom. The minimum atomic E-state index is 0.0538. The molecule has 1 fully saturated rings. The van der Waals surface area contributed by atoms with Crippen LogP contribution < -0.4 is 11.1 Å². The standard InChI is InChI=1S/C22H27N5O/c23-15-16-4-6-17(7-5-16)22-25-19-9-8-18(14-20(19)26-22)24-21(28)10-13-27-11-2-1-3-12-27/h4-9,14H,1-3,10-13,15,23H2,(H,24,28)(H,25,26). The molecule has 6 heteroatoms. The second-order valence-electron chi connectivity index (χ2n) is 7.42. The fourth-order valence-corrected chi connectivity index (χ4v) is 3.69. The highest BCUT2D eigenvalue weighted by Crippen LogP contribution is 2.23. The van der Waals surface area contributed by atoms with Crippen LogP contribution in [0.4, 0.5) is 5.69 Å². The van der Waals surface area contributed by atoms with Crippen LogP contribution >= 0.6 is 0 Å². The van der Waals surface area contributed by atoms with Gasteiger partial charge in [-0.05, 0) is 49.7 Å². The van der Waals surface area contributed by atoms with Gasteiger partial charge in [-0.2, -0.15) is 0 Å². The maximum absolute atomic E-state index is 12.3. The third kappa shape index (κ3) is 4.40. The molecule has 146 valence electrons. The maximum atomic E-state index is 12.3. The summed E-state index contributed by atoms with van der Waals surface area (Å²) in [4.78, 5) is 22.7. The summed E-state index contributed by atoms with van der Waals surface area (Å²) in [6, 6.07) is 13.8. The number of likely N-dealkylation sites (tertiary alicyclic amines) is 1. The summed E-state index contributed by atoms with van der Waals surface area (Å²) in [6.45, 7) is 3.59. The normalized spacial score (nSPS) is 15.0. The van der Waals surface area contributed by atoms with E-state index in [1.54, 1.807) is 0 Å². The Morgan fingerprint density at radius 2 is 1.89 bits per heavy atom. The summed E-state index contributed by atoms with van der Waals surface area (Å²) in [6.07, 6.45) is 4.33. The molecule has 1 saturated heterocycles. The highest BCUT2D eigenvalue weighted by molar-refractivity contribution is 5.93. The lowest BCUT2D eigenvalue weighted by molar-refractivity contribution is -0.116. The number of rotatable bonds is 6. The van der Waals surface area contributed by atoms with Crippen LogP contribution in [0.1, 0.15) is 31.2 Å². The second-order valence-corrected chi connectivity index (χ2v) is 7.42. The number of fused-ring (bicyclic) bond motifs is 1. The smallest absolute Gasteiger partial charge is 0.225 e. The number of benzene rings is 2. The number of carbonyl (C=O) groups is 1. The molecule has 6 nitrogen and oxygen atoms in total. The van der Waals surface area contributed by atoms with Crippen LogP contribution in [-0.4, -0.2) is 40.4 Å². The van der Waals surface area contributed by atoms with Crippen molar-refractivity contribution in [2.75, 3.05) is 25.0 Å². The average Bonchev–Trinajstić information content (AvgIpc) is 3.16. The number of carbonyl (C=O) groups excluding carboxylic acids is 1. The highest BCUT2D eigenvalue weighted by Gasteiger charge is 2.12. The van der Waals surface area contributed by atoms with Crippen LogP contribution in [0.5, 0.6) is 0 Å². The van der Waals surface area contributed by atoms with Crippen molar-refractivity contribution in [2.45, 2.75) is 32.2 Å². The van der Waals surface area contributed by atoms with E-state index in [0.29, 0.717) is 13.0 Å². The van der Waals surface area contributed by atoms with Crippen LogP contribution in [0.25, 0.3) is 22.4 Å². The molecule has 1 aliphatic rings. The molecule has 4 rings (SSSR count). The van der Waals surface area contributed by atoms with E-state index in [1.807, 2.05) is 42.5 Å². The van der Waals surface area contributed by atoms with Gasteiger partial charge >= 0.3 is 0 Å². The molecular weight excluding hydrogens is 350 g/mol. The Morgan fingerprint density at radius 1 is 1.11 bits per heavy atom. The fraction of sp³-hybridized carbons (Fsp3) is 0.364. The lowest BCUT2D eigenvalue weighted by Gasteiger charge is -2.25. The zero-order valence-electron chi connectivity index (χ0n) is 16.1. The number of amides is 1. The van der Waals surface area contributed by atoms with Gasteiger partial charge < -0.3 is 20.9 Å². The van der Waals surface area contributed by atoms with Crippen molar-refractivity contribution in [1.82, 2.24) is 14.9 Å². The zero-order valence-corrected chi connectivity index (χ0v) is 16.1. The molecule has 0 aliphatic carbocycles. The van der Waals surface area contributed by atoms with Crippen molar-refractivity contribution in [3.63, 3.8) is 0 Å². The Hall–Kier alpha value is -2.70. The molecule has 3 aromatic rings. The Bertz CT molecular complexity index is 941. The van der Waals surface area contributed by atoms with Crippen molar-refractivity contribution in [3.05, 3.63) is 48.0 Å². The van der Waals surface area contributed by atoms with Gasteiger partial charge in [-0.1, -0.05) is 30.7 Å². The van der Waals surface area contributed by atoms with E-state index in [1.165, 1.54) is 19.3 Å². The van der Waals surface area contributed by atoms with Gasteiger partial charge in [0.1, 0.15) is 5.82 Å². The Labute approximate surface area is 165 Å². The van der Waals surface area contributed by atoms with E-state index >= 15 is 0 Å². The predicted octanol–water partition coefficient (Wildman–Crippen LogP) is 3.50. The summed E-state index contributed by atoms with van der Waals surface area (Å²) in [5, 5.41) is 3.00. The molecule has 2 heterocycles. The molecule has 1 aliphatic heterocycles. The van der Waals surface area contributed by atoms with Gasteiger partial charge in [-0.3, -0.25) is 4.79 Å². The van der Waals surface area contributed by atoms with Crippen molar-refractivity contribution in [1.29, 1.82) is 0 Å². The molecule has 0 unspecified atom stereocenters. The fourth-order valence-electron chi connectivity index (χ4n) is 3.69. The Kier molecular flexibility index (Phi) is 5.69. The number of hydrogen-bond acceptors (Lipinski definition) is 4. The second kappa shape index (κ2) is 8.54. The van der Waals surface area contributed by atoms with E-state index in [9.17, 15) is 4.79 Å². The number of nitrogens with one attached hydrogen (secondary N) is 2. The average molecular weight is 377 g/mol. The topological polar surface area (TPSA) is 87.0 Å². The summed E-state index contributed by atoms with van der Waals surface area (Å²) < 4.78 is 0. The summed E-state index contributed by atoms with van der Waals surface area (Å²) >= 11 is 0. The molecule has 0 radical (unpaired) electrons. The number of hydrogen-bond donors (Lipinski definition) is 3. The number of nitrogens with two attached hydrogens (primary N) is 1. The van der Waals surface area contributed by atoms with E-state index in [0.717, 1.165) is 53.3 Å². The highest BCUT2D eigenvalue weighted by atomic mass is 16.1. The molecule has 28 heavy (non-hydrogen) atoms. The van der Waals surface area contributed by atoms with Crippen LogP contribution in [-0.2, 0) is 11.3 Å². The number of aromatic nitrogens is 2. The zero-order chi connectivity index (χ0) is 19.3. The molecular formula is C22H27N5O. The number of imidazole rings is 1.